The summed E-state index contributed by atoms with van der Waals surface area (Å²) in [4.78, 5) is 22.4. The Morgan fingerprint density at radius 1 is 1.50 bits per heavy atom. The maximum atomic E-state index is 11.6. The highest BCUT2D eigenvalue weighted by molar-refractivity contribution is 6.35. The minimum absolute atomic E-state index is 0.210. The summed E-state index contributed by atoms with van der Waals surface area (Å²) in [6.45, 7) is -0.210. The van der Waals surface area contributed by atoms with Crippen molar-refractivity contribution < 1.29 is 14.3 Å². The first-order chi connectivity index (χ1) is 7.54. The average molecular weight is 264 g/mol. The van der Waals surface area contributed by atoms with Gasteiger partial charge in [-0.15, -0.1) is 0 Å². The van der Waals surface area contributed by atoms with Gasteiger partial charge in [-0.3, -0.25) is 9.59 Å². The zero-order valence-corrected chi connectivity index (χ0v) is 9.93. The van der Waals surface area contributed by atoms with Crippen LogP contribution in [-0.2, 0) is 9.53 Å². The fourth-order valence-electron chi connectivity index (χ4n) is 0.991. The van der Waals surface area contributed by atoms with Gasteiger partial charge in [0.05, 0.1) is 17.7 Å². The van der Waals surface area contributed by atoms with Crippen molar-refractivity contribution in [2.45, 2.75) is 0 Å². The Bertz CT molecular complexity index is 421. The third kappa shape index (κ3) is 3.40. The zero-order chi connectivity index (χ0) is 12.1. The number of esters is 1. The Morgan fingerprint density at radius 2 is 2.19 bits per heavy atom. The Morgan fingerprint density at radius 3 is 2.81 bits per heavy atom. The average Bonchev–Trinajstić information content (AvgIpc) is 2.28. The molecule has 0 radical (unpaired) electrons. The molecule has 0 unspecified atom stereocenters. The lowest BCUT2D eigenvalue weighted by Gasteiger charge is -2.05. The number of ether oxygens (including phenoxy) is 1. The standard InChI is InChI=1S/C10H9Cl2NO3/c1-16-9(14)5-13-10(15)7-4-6(11)2-3-8(7)12/h2-4H,5H2,1H3,(H,13,15)/i10+2. The van der Waals surface area contributed by atoms with E-state index in [-0.39, 0.29) is 17.1 Å². The highest BCUT2D eigenvalue weighted by Gasteiger charge is 2.12. The Labute approximate surface area is 102 Å². The fraction of sp³-hybridized carbons (Fsp3) is 0.200. The second-order valence-electron chi connectivity index (χ2n) is 2.88. The van der Waals surface area contributed by atoms with E-state index in [4.69, 9.17) is 23.2 Å². The molecule has 0 aromatic heterocycles. The van der Waals surface area contributed by atoms with Gasteiger partial charge in [0.15, 0.2) is 0 Å². The monoisotopic (exact) mass is 263 g/mol. The first-order valence-corrected chi connectivity index (χ1v) is 5.10. The van der Waals surface area contributed by atoms with Gasteiger partial charge in [0, 0.05) is 5.02 Å². The number of hydrogen-bond acceptors (Lipinski definition) is 3. The number of amides is 1. The molecule has 1 N–H and O–H groups in total. The van der Waals surface area contributed by atoms with E-state index in [1.54, 1.807) is 6.07 Å². The largest absolute Gasteiger partial charge is 0.468 e. The van der Waals surface area contributed by atoms with Crippen LogP contribution in [0.25, 0.3) is 0 Å². The van der Waals surface area contributed by atoms with Crippen molar-refractivity contribution in [3.8, 4) is 0 Å². The molecule has 0 aliphatic carbocycles. The van der Waals surface area contributed by atoms with Crippen LogP contribution in [-0.4, -0.2) is 25.5 Å². The highest BCUT2D eigenvalue weighted by atomic mass is 35.5. The van der Waals surface area contributed by atoms with Crippen LogP contribution in [0.3, 0.4) is 0 Å². The second kappa shape index (κ2) is 5.72. The van der Waals surface area contributed by atoms with Crippen molar-refractivity contribution in [3.05, 3.63) is 33.8 Å². The normalized spacial score (nSPS) is 9.69. The third-order valence-corrected chi connectivity index (χ3v) is 2.36. The quantitative estimate of drug-likeness (QED) is 0.848. The lowest BCUT2D eigenvalue weighted by Crippen LogP contribution is -2.30. The molecule has 4 nitrogen and oxygen atoms in total. The predicted octanol–water partition coefficient (Wildman–Crippen LogP) is 1.90. The molecule has 6 heteroatoms. The third-order valence-electron chi connectivity index (χ3n) is 1.79. The van der Waals surface area contributed by atoms with Crippen molar-refractivity contribution in [2.24, 2.45) is 0 Å². The summed E-state index contributed by atoms with van der Waals surface area (Å²) in [6, 6.07) is 4.51. The predicted molar refractivity (Wildman–Crippen MR) is 60.8 cm³/mol. The number of methoxy groups -OCH3 is 1. The van der Waals surface area contributed by atoms with E-state index in [9.17, 15) is 9.59 Å². The molecule has 1 rings (SSSR count). The maximum Gasteiger partial charge on any atom is 0.325 e. The number of carbonyl (C=O) groups is 2. The molecule has 1 amide bonds. The van der Waals surface area contributed by atoms with E-state index >= 15 is 0 Å². The van der Waals surface area contributed by atoms with Gasteiger partial charge >= 0.3 is 5.97 Å². The topological polar surface area (TPSA) is 55.4 Å². The van der Waals surface area contributed by atoms with Crippen LogP contribution in [0.1, 0.15) is 10.4 Å². The summed E-state index contributed by atoms with van der Waals surface area (Å²) in [6.07, 6.45) is 0. The van der Waals surface area contributed by atoms with Gasteiger partial charge in [0.1, 0.15) is 6.54 Å². The van der Waals surface area contributed by atoms with Crippen LogP contribution >= 0.6 is 23.2 Å². The molecule has 0 saturated carbocycles. The van der Waals surface area contributed by atoms with E-state index in [0.717, 1.165) is 0 Å². The first kappa shape index (κ1) is 12.8. The van der Waals surface area contributed by atoms with Gasteiger partial charge in [-0.05, 0) is 18.2 Å². The summed E-state index contributed by atoms with van der Waals surface area (Å²) in [5, 5.41) is 3.03. The Balaban J connectivity index is 2.73. The van der Waals surface area contributed by atoms with Crippen molar-refractivity contribution in [1.82, 2.24) is 5.32 Å². The molecule has 0 heterocycles. The van der Waals surface area contributed by atoms with Gasteiger partial charge < -0.3 is 10.1 Å². The molecule has 0 fully saturated rings. The SMILES string of the molecule is COC(=O)CN[14C](=O)c1cc(Cl)ccc1Cl. The minimum Gasteiger partial charge on any atom is -0.468 e. The van der Waals surface area contributed by atoms with E-state index in [1.807, 2.05) is 0 Å². The number of hydrogen-bond donors (Lipinski definition) is 1. The van der Waals surface area contributed by atoms with Crippen LogP contribution in [0.2, 0.25) is 10.0 Å². The molecule has 86 valence electrons. The van der Waals surface area contributed by atoms with Gasteiger partial charge in [-0.25, -0.2) is 0 Å². The fourth-order valence-corrected chi connectivity index (χ4v) is 1.37. The molecule has 0 bridgehead atoms. The van der Waals surface area contributed by atoms with Crippen LogP contribution in [0, 0.1) is 0 Å². The van der Waals surface area contributed by atoms with Crippen LogP contribution < -0.4 is 5.32 Å². The maximum absolute atomic E-state index is 11.6. The van der Waals surface area contributed by atoms with Gasteiger partial charge in [-0.2, -0.15) is 0 Å². The first-order valence-electron chi connectivity index (χ1n) is 4.34. The molecule has 0 saturated heterocycles. The highest BCUT2D eigenvalue weighted by Crippen LogP contribution is 2.20. The van der Waals surface area contributed by atoms with Crippen molar-refractivity contribution >= 4 is 35.1 Å². The van der Waals surface area contributed by atoms with E-state index in [0.29, 0.717) is 5.02 Å². The van der Waals surface area contributed by atoms with Gasteiger partial charge in [0.25, 0.3) is 5.91 Å². The molecule has 0 aliphatic rings. The summed E-state index contributed by atoms with van der Waals surface area (Å²) in [7, 11) is 1.24. The van der Waals surface area contributed by atoms with Crippen LogP contribution in [0.4, 0.5) is 0 Å². The van der Waals surface area contributed by atoms with Crippen molar-refractivity contribution in [2.75, 3.05) is 13.7 Å². The van der Waals surface area contributed by atoms with Gasteiger partial charge in [-0.1, -0.05) is 23.2 Å². The molecule has 0 aliphatic heterocycles. The summed E-state index contributed by atoms with van der Waals surface area (Å²) < 4.78 is 4.38. The molecule has 16 heavy (non-hydrogen) atoms. The smallest absolute Gasteiger partial charge is 0.325 e. The lowest BCUT2D eigenvalue weighted by atomic mass is 10.3. The van der Waals surface area contributed by atoms with Crippen LogP contribution in [0.5, 0.6) is 0 Å². The van der Waals surface area contributed by atoms with Crippen molar-refractivity contribution in [3.63, 3.8) is 0 Å². The molecule has 0 atom stereocenters. The molecule has 0 spiro atoms. The van der Waals surface area contributed by atoms with Crippen molar-refractivity contribution in [1.29, 1.82) is 0 Å². The molecular formula is C10H9Cl2NO3. The molecule has 1 aromatic rings. The number of nitrogens with one attached hydrogen (secondary N) is 1. The van der Waals surface area contributed by atoms with Gasteiger partial charge in [0.2, 0.25) is 0 Å². The number of halogens is 2. The Kier molecular flexibility index (Phi) is 4.58. The van der Waals surface area contributed by atoms with E-state index < -0.39 is 11.9 Å². The summed E-state index contributed by atoms with van der Waals surface area (Å²) in [5.41, 5.74) is 0.220. The molecule has 1 aromatic carbocycles. The number of carbonyl (C=O) groups excluding carboxylic acids is 2. The van der Waals surface area contributed by atoms with E-state index in [2.05, 4.69) is 10.1 Å². The number of rotatable bonds is 3. The summed E-state index contributed by atoms with van der Waals surface area (Å²) in [5.74, 6) is -1.01. The Hall–Kier alpha value is -1.26. The summed E-state index contributed by atoms with van der Waals surface area (Å²) >= 11 is 11.5. The number of benzene rings is 1. The van der Waals surface area contributed by atoms with E-state index in [1.165, 1.54) is 19.2 Å². The zero-order valence-electron chi connectivity index (χ0n) is 8.42. The molecular weight excluding hydrogens is 255 g/mol. The minimum atomic E-state index is -0.536. The van der Waals surface area contributed by atoms with Crippen LogP contribution in [0.15, 0.2) is 18.2 Å². The second-order valence-corrected chi connectivity index (χ2v) is 3.73. The lowest BCUT2D eigenvalue weighted by molar-refractivity contribution is -0.139.